The molecule has 2 bridgehead atoms. The normalized spacial score (nSPS) is 38.2. The number of aryl methyl sites for hydroxylation is 1. The van der Waals surface area contributed by atoms with Gasteiger partial charge in [0.05, 0.1) is 0 Å². The van der Waals surface area contributed by atoms with E-state index in [0.29, 0.717) is 42.4 Å². The molecule has 2 aliphatic rings. The van der Waals surface area contributed by atoms with Gasteiger partial charge in [-0.1, -0.05) is 0 Å². The van der Waals surface area contributed by atoms with Crippen molar-refractivity contribution >= 4 is 36.3 Å². The monoisotopic (exact) mass is 455 g/mol. The summed E-state index contributed by atoms with van der Waals surface area (Å²) in [6.45, 7) is 6.10. The Balaban J connectivity index is 1.92. The van der Waals surface area contributed by atoms with Crippen LogP contribution in [0.4, 0.5) is 0 Å². The first-order valence-corrected chi connectivity index (χ1v) is 14.9. The number of aliphatic hydroxyl groups is 1. The molecular formula is C15H21NO3SSe2. The summed E-state index contributed by atoms with van der Waals surface area (Å²) in [4.78, 5) is 0.713. The number of nitrogens with one attached hydrogen (secondary N) is 1. The first-order chi connectivity index (χ1) is 10.2. The zero-order valence-electron chi connectivity index (χ0n) is 12.9. The molecule has 1 saturated heterocycles. The zero-order chi connectivity index (χ0) is 16.2. The molecule has 4 nitrogen and oxygen atoms in total. The molecule has 0 radical (unpaired) electrons. The Labute approximate surface area is 143 Å². The average molecular weight is 453 g/mol. The van der Waals surface area contributed by atoms with Gasteiger partial charge in [0, 0.05) is 0 Å². The van der Waals surface area contributed by atoms with Crippen molar-refractivity contribution in [2.75, 3.05) is 0 Å². The van der Waals surface area contributed by atoms with E-state index in [4.69, 9.17) is 0 Å². The number of hydrogen-bond donors (Lipinski definition) is 2. The van der Waals surface area contributed by atoms with E-state index in [1.54, 1.807) is 12.1 Å². The third kappa shape index (κ3) is 2.82. The molecule has 1 aromatic carbocycles. The van der Waals surface area contributed by atoms with Gasteiger partial charge in [0.25, 0.3) is 0 Å². The predicted octanol–water partition coefficient (Wildman–Crippen LogP) is 1.49. The molecule has 1 aromatic rings. The van der Waals surface area contributed by atoms with Crippen LogP contribution in [-0.4, -0.2) is 51.4 Å². The first kappa shape index (κ1) is 17.0. The van der Waals surface area contributed by atoms with Crippen molar-refractivity contribution in [3.63, 3.8) is 0 Å². The Morgan fingerprint density at radius 3 is 2.50 bits per heavy atom. The van der Waals surface area contributed by atoms with Gasteiger partial charge in [-0.25, -0.2) is 0 Å². The first-order valence-electron chi connectivity index (χ1n) is 7.28. The number of rotatable bonds is 3. The van der Waals surface area contributed by atoms with Crippen LogP contribution in [0, 0.1) is 6.92 Å². The third-order valence-electron chi connectivity index (χ3n) is 4.85. The minimum absolute atomic E-state index is 0.00165. The van der Waals surface area contributed by atoms with Crippen LogP contribution in [0.3, 0.4) is 0 Å². The SMILES string of the molecule is Cc1ccc(S(=O)(=O)N[C@@]2(C)C[C@@H](O)[C@H]3C[C@]2(C)[Se][Se]3)cc1. The zero-order valence-corrected chi connectivity index (χ0v) is 17.1. The minimum atomic E-state index is -3.57. The Bertz CT molecular complexity index is 679. The van der Waals surface area contributed by atoms with Crippen molar-refractivity contribution in [1.29, 1.82) is 0 Å². The van der Waals surface area contributed by atoms with Gasteiger partial charge < -0.3 is 0 Å². The van der Waals surface area contributed by atoms with Gasteiger partial charge in [-0.15, -0.1) is 0 Å². The predicted molar refractivity (Wildman–Crippen MR) is 88.8 cm³/mol. The molecule has 7 heteroatoms. The topological polar surface area (TPSA) is 66.4 Å². The Morgan fingerprint density at radius 1 is 1.23 bits per heavy atom. The van der Waals surface area contributed by atoms with Gasteiger partial charge in [0.1, 0.15) is 0 Å². The van der Waals surface area contributed by atoms with E-state index >= 15 is 0 Å². The quantitative estimate of drug-likeness (QED) is 0.682. The van der Waals surface area contributed by atoms with Crippen molar-refractivity contribution in [2.24, 2.45) is 0 Å². The van der Waals surface area contributed by atoms with Crippen LogP contribution in [0.25, 0.3) is 0 Å². The summed E-state index contributed by atoms with van der Waals surface area (Å²) in [7, 11) is -3.57. The van der Waals surface area contributed by atoms with Gasteiger partial charge in [-0.3, -0.25) is 0 Å². The summed E-state index contributed by atoms with van der Waals surface area (Å²) in [5.74, 6) is 0. The van der Waals surface area contributed by atoms with E-state index in [2.05, 4.69) is 11.6 Å². The number of benzene rings is 1. The van der Waals surface area contributed by atoms with Crippen LogP contribution >= 0.6 is 0 Å². The summed E-state index contributed by atoms with van der Waals surface area (Å²) in [6.07, 6.45) is 1.09. The van der Waals surface area contributed by atoms with Gasteiger partial charge in [0.2, 0.25) is 0 Å². The molecule has 2 fully saturated rings. The van der Waals surface area contributed by atoms with Crippen molar-refractivity contribution in [3.8, 4) is 0 Å². The molecule has 2 N–H and O–H groups in total. The van der Waals surface area contributed by atoms with Gasteiger partial charge >= 0.3 is 144 Å². The van der Waals surface area contributed by atoms with Crippen molar-refractivity contribution < 1.29 is 13.5 Å². The third-order valence-corrected chi connectivity index (χ3v) is 18.0. The summed E-state index contributed by atoms with van der Waals surface area (Å²) >= 11 is 0.876. The summed E-state index contributed by atoms with van der Waals surface area (Å²) in [5.41, 5.74) is 0.472. The van der Waals surface area contributed by atoms with Crippen LogP contribution in [0.2, 0.25) is 9.13 Å². The van der Waals surface area contributed by atoms with Gasteiger partial charge in [-0.05, 0) is 0 Å². The maximum absolute atomic E-state index is 12.8. The van der Waals surface area contributed by atoms with Gasteiger partial charge in [0.15, 0.2) is 0 Å². The molecule has 1 saturated carbocycles. The molecule has 1 aliphatic heterocycles. The molecule has 122 valence electrons. The molecule has 1 aliphatic carbocycles. The second kappa shape index (κ2) is 5.59. The molecule has 0 amide bonds. The Hall–Kier alpha value is 0.129. The summed E-state index contributed by atoms with van der Waals surface area (Å²) < 4.78 is 28.5. The van der Waals surface area contributed by atoms with Gasteiger partial charge in [-0.2, -0.15) is 0 Å². The van der Waals surface area contributed by atoms with E-state index in [9.17, 15) is 13.5 Å². The molecule has 1 heterocycles. The van der Waals surface area contributed by atoms with Crippen LogP contribution in [0.15, 0.2) is 29.2 Å². The van der Waals surface area contributed by atoms with E-state index in [1.165, 1.54) is 0 Å². The van der Waals surface area contributed by atoms with Crippen molar-refractivity contribution in [1.82, 2.24) is 4.72 Å². The Kier molecular flexibility index (Phi) is 4.31. The van der Waals surface area contributed by atoms with E-state index in [1.807, 2.05) is 26.0 Å². The van der Waals surface area contributed by atoms with Crippen molar-refractivity contribution in [3.05, 3.63) is 29.8 Å². The van der Waals surface area contributed by atoms with Crippen LogP contribution < -0.4 is 4.72 Å². The maximum atomic E-state index is 12.8. The number of aliphatic hydroxyl groups excluding tert-OH is 1. The second-order valence-electron chi connectivity index (χ2n) is 6.68. The van der Waals surface area contributed by atoms with E-state index in [0.717, 1.165) is 12.0 Å². The Morgan fingerprint density at radius 2 is 1.86 bits per heavy atom. The summed E-state index contributed by atoms with van der Waals surface area (Å²) in [5, 5.41) is 10.3. The van der Waals surface area contributed by atoms with Crippen molar-refractivity contribution in [2.45, 2.75) is 59.3 Å². The molecular weight excluding hydrogens is 432 g/mol. The molecule has 0 unspecified atom stereocenters. The fourth-order valence-corrected chi connectivity index (χ4v) is 17.1. The van der Waals surface area contributed by atoms with E-state index < -0.39 is 15.6 Å². The molecule has 22 heavy (non-hydrogen) atoms. The van der Waals surface area contributed by atoms with E-state index in [-0.39, 0.29) is 10.4 Å². The number of sulfonamides is 1. The van der Waals surface area contributed by atoms with Crippen LogP contribution in [0.1, 0.15) is 32.3 Å². The molecule has 0 aromatic heterocycles. The molecule has 0 spiro atoms. The number of fused-ring (bicyclic) bond motifs is 2. The standard InChI is InChI=1S/C15H21NO3SSe2/c1-10-4-6-11(7-5-10)20(18,19)16-14(2)8-12(17)13-9-15(14,3)22-21-13/h4-7,12-13,16-17H,8-9H2,1-3H3/t12-,13-,14+,15+/m1/s1. The van der Waals surface area contributed by atoms with Crippen LogP contribution in [-0.2, 0) is 10.0 Å². The number of hydrogen-bond acceptors (Lipinski definition) is 3. The average Bonchev–Trinajstić information content (AvgIpc) is 2.79. The van der Waals surface area contributed by atoms with Crippen LogP contribution in [0.5, 0.6) is 0 Å². The second-order valence-corrected chi connectivity index (χ2v) is 16.2. The molecule has 3 rings (SSSR count). The fraction of sp³-hybridized carbons (Fsp3) is 0.600. The molecule has 4 atom stereocenters. The summed E-state index contributed by atoms with van der Waals surface area (Å²) in [6, 6.07) is 6.92. The fourth-order valence-electron chi connectivity index (χ4n) is 3.13.